The van der Waals surface area contributed by atoms with Crippen molar-refractivity contribution in [1.29, 1.82) is 0 Å². The second kappa shape index (κ2) is 4.14. The Kier molecular flexibility index (Phi) is 2.88. The van der Waals surface area contributed by atoms with Crippen molar-refractivity contribution in [2.45, 2.75) is 13.5 Å². The maximum absolute atomic E-state index is 5.16. The Morgan fingerprint density at radius 1 is 1.64 bits per heavy atom. The third-order valence-corrected chi connectivity index (χ3v) is 3.24. The van der Waals surface area contributed by atoms with Gasteiger partial charge in [-0.05, 0) is 39.9 Å². The summed E-state index contributed by atoms with van der Waals surface area (Å²) in [5.41, 5.74) is 2.11. The second-order valence-electron chi connectivity index (χ2n) is 2.91. The van der Waals surface area contributed by atoms with Crippen LogP contribution in [0.25, 0.3) is 0 Å². The molecule has 0 amide bonds. The molecule has 0 atom stereocenters. The molecule has 0 bridgehead atoms. The molecule has 2 heterocycles. The lowest BCUT2D eigenvalue weighted by molar-refractivity contribution is 0.570. The van der Waals surface area contributed by atoms with Gasteiger partial charge in [0.05, 0.1) is 9.48 Å². The Labute approximate surface area is 94.3 Å². The second-order valence-corrected chi connectivity index (χ2v) is 5.20. The first-order chi connectivity index (χ1) is 6.74. The van der Waals surface area contributed by atoms with Gasteiger partial charge in [-0.1, -0.05) is 0 Å². The molecule has 0 aromatic carbocycles. The number of hydrogen-bond donors (Lipinski definition) is 1. The van der Waals surface area contributed by atoms with E-state index in [-0.39, 0.29) is 0 Å². The molecule has 1 N–H and O–H groups in total. The molecular weight excluding hydrogens is 264 g/mol. The van der Waals surface area contributed by atoms with E-state index in [0.29, 0.717) is 6.01 Å². The van der Waals surface area contributed by atoms with Crippen LogP contribution in [0.5, 0.6) is 0 Å². The summed E-state index contributed by atoms with van der Waals surface area (Å²) in [7, 11) is 0. The molecule has 14 heavy (non-hydrogen) atoms. The fraction of sp³-hybridized carbons (Fsp3) is 0.222. The van der Waals surface area contributed by atoms with Gasteiger partial charge in [0.15, 0.2) is 0 Å². The van der Waals surface area contributed by atoms with Gasteiger partial charge in [0.2, 0.25) is 0 Å². The minimum atomic E-state index is 0.574. The summed E-state index contributed by atoms with van der Waals surface area (Å²) in [4.78, 5) is 4.15. The van der Waals surface area contributed by atoms with Crippen molar-refractivity contribution in [2.75, 3.05) is 5.32 Å². The molecule has 0 spiro atoms. The van der Waals surface area contributed by atoms with Crippen LogP contribution in [0.4, 0.5) is 6.01 Å². The Bertz CT molecular complexity index is 384. The summed E-state index contributed by atoms with van der Waals surface area (Å²) in [5, 5.41) is 5.19. The van der Waals surface area contributed by atoms with Gasteiger partial charge in [-0.25, -0.2) is 0 Å². The van der Waals surface area contributed by atoms with E-state index in [1.807, 2.05) is 6.92 Å². The molecule has 0 aliphatic rings. The van der Waals surface area contributed by atoms with Crippen molar-refractivity contribution in [3.8, 4) is 0 Å². The molecule has 2 aromatic heterocycles. The van der Waals surface area contributed by atoms with Crippen molar-refractivity contribution >= 4 is 33.3 Å². The number of hydrogen-bond acceptors (Lipinski definition) is 4. The normalized spacial score (nSPS) is 10.4. The Morgan fingerprint density at radius 2 is 2.50 bits per heavy atom. The highest BCUT2D eigenvalue weighted by Gasteiger charge is 2.01. The van der Waals surface area contributed by atoms with Crippen LogP contribution in [0, 0.1) is 6.92 Å². The van der Waals surface area contributed by atoms with Crippen LogP contribution in [0.2, 0.25) is 0 Å². The molecule has 0 unspecified atom stereocenters. The van der Waals surface area contributed by atoms with Crippen molar-refractivity contribution < 1.29 is 4.42 Å². The number of thiophene rings is 1. The SMILES string of the molecule is Cc1coc(NCc2csc(Br)c2)n1. The van der Waals surface area contributed by atoms with Gasteiger partial charge in [-0.2, -0.15) is 4.98 Å². The zero-order valence-corrected chi connectivity index (χ0v) is 9.98. The first-order valence-corrected chi connectivity index (χ1v) is 5.80. The summed E-state index contributed by atoms with van der Waals surface area (Å²) in [6.07, 6.45) is 1.63. The topological polar surface area (TPSA) is 38.1 Å². The molecule has 0 saturated carbocycles. The van der Waals surface area contributed by atoms with Crippen molar-refractivity contribution in [1.82, 2.24) is 4.98 Å². The molecule has 0 fully saturated rings. The van der Waals surface area contributed by atoms with Gasteiger partial charge in [-0.3, -0.25) is 0 Å². The van der Waals surface area contributed by atoms with E-state index >= 15 is 0 Å². The largest absolute Gasteiger partial charge is 0.432 e. The average Bonchev–Trinajstić information content (AvgIpc) is 2.72. The number of halogens is 1. The quantitative estimate of drug-likeness (QED) is 0.931. The third kappa shape index (κ3) is 2.36. The molecule has 2 rings (SSSR count). The minimum absolute atomic E-state index is 0.574. The number of rotatable bonds is 3. The number of aromatic nitrogens is 1. The maximum Gasteiger partial charge on any atom is 0.294 e. The highest BCUT2D eigenvalue weighted by Crippen LogP contribution is 2.21. The first-order valence-electron chi connectivity index (χ1n) is 4.13. The molecule has 5 heteroatoms. The van der Waals surface area contributed by atoms with Gasteiger partial charge in [0.25, 0.3) is 6.01 Å². The maximum atomic E-state index is 5.16. The summed E-state index contributed by atoms with van der Waals surface area (Å²) in [6.45, 7) is 2.64. The summed E-state index contributed by atoms with van der Waals surface area (Å²) < 4.78 is 6.30. The Balaban J connectivity index is 1.94. The summed E-state index contributed by atoms with van der Waals surface area (Å²) >= 11 is 5.08. The molecule has 0 saturated heterocycles. The van der Waals surface area contributed by atoms with E-state index in [4.69, 9.17) is 4.42 Å². The predicted molar refractivity (Wildman–Crippen MR) is 60.6 cm³/mol. The van der Waals surface area contributed by atoms with Gasteiger partial charge < -0.3 is 9.73 Å². The van der Waals surface area contributed by atoms with Gasteiger partial charge in [-0.15, -0.1) is 11.3 Å². The van der Waals surface area contributed by atoms with Crippen LogP contribution >= 0.6 is 27.3 Å². The zero-order valence-electron chi connectivity index (χ0n) is 7.58. The molecule has 2 aromatic rings. The molecular formula is C9H9BrN2OS. The van der Waals surface area contributed by atoms with Crippen LogP contribution in [0.15, 0.2) is 25.9 Å². The first kappa shape index (κ1) is 9.73. The molecule has 3 nitrogen and oxygen atoms in total. The highest BCUT2D eigenvalue weighted by molar-refractivity contribution is 9.11. The van der Waals surface area contributed by atoms with Gasteiger partial charge in [0.1, 0.15) is 6.26 Å². The lowest BCUT2D eigenvalue weighted by atomic mass is 10.3. The van der Waals surface area contributed by atoms with E-state index in [2.05, 4.69) is 37.7 Å². The molecule has 0 radical (unpaired) electrons. The van der Waals surface area contributed by atoms with Crippen molar-refractivity contribution in [3.63, 3.8) is 0 Å². The van der Waals surface area contributed by atoms with Gasteiger partial charge >= 0.3 is 0 Å². The Morgan fingerprint density at radius 3 is 3.07 bits per heavy atom. The number of oxazole rings is 1. The monoisotopic (exact) mass is 272 g/mol. The lowest BCUT2D eigenvalue weighted by Crippen LogP contribution is -1.97. The summed E-state index contributed by atoms with van der Waals surface area (Å²) in [6, 6.07) is 2.65. The molecule has 0 aliphatic heterocycles. The standard InChI is InChI=1S/C9H9BrN2OS/c1-6-4-13-9(12-6)11-3-7-2-8(10)14-5-7/h2,4-5H,3H2,1H3,(H,11,12). The number of aryl methyl sites for hydroxylation is 1. The average molecular weight is 273 g/mol. The molecule has 0 aliphatic carbocycles. The molecule has 74 valence electrons. The number of nitrogens with zero attached hydrogens (tertiary/aromatic N) is 1. The van der Waals surface area contributed by atoms with Crippen molar-refractivity contribution in [3.05, 3.63) is 32.8 Å². The van der Waals surface area contributed by atoms with Crippen LogP contribution in [0.3, 0.4) is 0 Å². The van der Waals surface area contributed by atoms with Crippen LogP contribution in [-0.2, 0) is 6.54 Å². The highest BCUT2D eigenvalue weighted by atomic mass is 79.9. The fourth-order valence-electron chi connectivity index (χ4n) is 1.05. The number of nitrogens with one attached hydrogen (secondary N) is 1. The Hall–Kier alpha value is -0.810. The van der Waals surface area contributed by atoms with E-state index in [1.165, 1.54) is 5.56 Å². The predicted octanol–water partition coefficient (Wildman–Crippen LogP) is 3.42. The van der Waals surface area contributed by atoms with Crippen molar-refractivity contribution in [2.24, 2.45) is 0 Å². The van der Waals surface area contributed by atoms with E-state index in [9.17, 15) is 0 Å². The summed E-state index contributed by atoms with van der Waals surface area (Å²) in [5.74, 6) is 0. The lowest BCUT2D eigenvalue weighted by Gasteiger charge is -1.97. The van der Waals surface area contributed by atoms with E-state index < -0.39 is 0 Å². The van der Waals surface area contributed by atoms with Crippen LogP contribution < -0.4 is 5.32 Å². The number of anilines is 1. The zero-order chi connectivity index (χ0) is 9.97. The smallest absolute Gasteiger partial charge is 0.294 e. The van der Waals surface area contributed by atoms with E-state index in [0.717, 1.165) is 16.0 Å². The van der Waals surface area contributed by atoms with Crippen LogP contribution in [0.1, 0.15) is 11.3 Å². The minimum Gasteiger partial charge on any atom is -0.432 e. The van der Waals surface area contributed by atoms with E-state index in [1.54, 1.807) is 17.6 Å². The van der Waals surface area contributed by atoms with Gasteiger partial charge in [0, 0.05) is 6.54 Å². The third-order valence-electron chi connectivity index (χ3n) is 1.68. The fourth-order valence-corrected chi connectivity index (χ4v) is 2.26. The van der Waals surface area contributed by atoms with Crippen LogP contribution in [-0.4, -0.2) is 4.98 Å².